The minimum atomic E-state index is 0.760. The van der Waals surface area contributed by atoms with Gasteiger partial charge in [-0.3, -0.25) is 9.98 Å². The summed E-state index contributed by atoms with van der Waals surface area (Å²) in [6, 6.07) is 3.97. The van der Waals surface area contributed by atoms with Crippen molar-refractivity contribution in [1.82, 2.24) is 4.98 Å². The van der Waals surface area contributed by atoms with Crippen LogP contribution in [0.15, 0.2) is 29.4 Å². The molecule has 0 radical (unpaired) electrons. The smallest absolute Gasteiger partial charge is 0.0880 e. The molecule has 1 aromatic rings. The number of rotatable bonds is 0. The van der Waals surface area contributed by atoms with E-state index in [4.69, 9.17) is 0 Å². The summed E-state index contributed by atoms with van der Waals surface area (Å²) in [5.41, 5.74) is 2.11. The van der Waals surface area contributed by atoms with Gasteiger partial charge in [0.1, 0.15) is 0 Å². The predicted molar refractivity (Wildman–Crippen MR) is 45.7 cm³/mol. The van der Waals surface area contributed by atoms with Gasteiger partial charge in [0.2, 0.25) is 0 Å². The largest absolute Gasteiger partial charge is 0.287 e. The minimum absolute atomic E-state index is 0.760. The van der Waals surface area contributed by atoms with E-state index < -0.39 is 0 Å². The Labute approximate surface area is 65.3 Å². The topological polar surface area (TPSA) is 25.2 Å². The van der Waals surface area contributed by atoms with Gasteiger partial charge in [-0.25, -0.2) is 0 Å². The summed E-state index contributed by atoms with van der Waals surface area (Å²) in [7, 11) is 0. The van der Waals surface area contributed by atoms with Crippen LogP contribution in [0.1, 0.15) is 11.3 Å². The Kier molecular flexibility index (Phi) is 1.52. The molecule has 2 heteroatoms. The lowest BCUT2D eigenvalue weighted by Crippen LogP contribution is -1.89. The first kappa shape index (κ1) is 6.28. The van der Waals surface area contributed by atoms with Crippen molar-refractivity contribution in [2.75, 3.05) is 6.54 Å². The number of nitrogens with zero attached hydrogens (tertiary/aromatic N) is 2. The maximum atomic E-state index is 4.18. The average Bonchev–Trinajstić information content (AvgIpc) is 2.28. The lowest BCUT2D eigenvalue weighted by atomic mass is 10.2. The van der Waals surface area contributed by atoms with E-state index in [1.807, 2.05) is 24.4 Å². The first-order valence-corrected chi connectivity index (χ1v) is 3.58. The fourth-order valence-electron chi connectivity index (χ4n) is 1.06. The van der Waals surface area contributed by atoms with Crippen molar-refractivity contribution in [3.63, 3.8) is 0 Å². The van der Waals surface area contributed by atoms with Crippen molar-refractivity contribution in [2.45, 2.75) is 0 Å². The van der Waals surface area contributed by atoms with E-state index in [0.29, 0.717) is 0 Å². The zero-order valence-corrected chi connectivity index (χ0v) is 6.07. The first-order valence-electron chi connectivity index (χ1n) is 3.58. The summed E-state index contributed by atoms with van der Waals surface area (Å²) >= 11 is 0. The van der Waals surface area contributed by atoms with Gasteiger partial charge in [0, 0.05) is 18.0 Å². The van der Waals surface area contributed by atoms with Gasteiger partial charge in [0.05, 0.1) is 12.2 Å². The molecule has 0 amide bonds. The molecule has 2 rings (SSSR count). The Morgan fingerprint density at radius 1 is 1.36 bits per heavy atom. The summed E-state index contributed by atoms with van der Waals surface area (Å²) in [5, 5.41) is 0. The summed E-state index contributed by atoms with van der Waals surface area (Å²) in [4.78, 5) is 8.32. The number of hydrogen-bond acceptors (Lipinski definition) is 2. The highest BCUT2D eigenvalue weighted by atomic mass is 14.8. The van der Waals surface area contributed by atoms with E-state index in [1.165, 1.54) is 0 Å². The van der Waals surface area contributed by atoms with Gasteiger partial charge in [-0.1, -0.05) is 18.2 Å². The van der Waals surface area contributed by atoms with Gasteiger partial charge < -0.3 is 0 Å². The Hall–Kier alpha value is -1.44. The predicted octanol–water partition coefficient (Wildman–Crippen LogP) is 1.53. The van der Waals surface area contributed by atoms with E-state index in [-0.39, 0.29) is 0 Å². The standard InChI is InChI=1S/C9H8N2/c1-3-8-4-2-6-11-9(8)7-10-5-1/h1-4,6-7H,5H2. The molecule has 0 spiro atoms. The van der Waals surface area contributed by atoms with Crippen LogP contribution in [0.4, 0.5) is 0 Å². The number of pyridine rings is 1. The maximum absolute atomic E-state index is 4.18. The highest BCUT2D eigenvalue weighted by molar-refractivity contribution is 5.83. The average molecular weight is 144 g/mol. The number of aliphatic imine (C=N–C) groups is 1. The summed E-state index contributed by atoms with van der Waals surface area (Å²) in [6.45, 7) is 0.760. The lowest BCUT2D eigenvalue weighted by Gasteiger charge is -1.94. The molecule has 54 valence electrons. The van der Waals surface area contributed by atoms with Crippen molar-refractivity contribution < 1.29 is 0 Å². The van der Waals surface area contributed by atoms with E-state index in [2.05, 4.69) is 16.1 Å². The second-order valence-electron chi connectivity index (χ2n) is 2.37. The van der Waals surface area contributed by atoms with Crippen molar-refractivity contribution in [3.05, 3.63) is 35.7 Å². The van der Waals surface area contributed by atoms with E-state index in [1.54, 1.807) is 6.20 Å². The van der Waals surface area contributed by atoms with Gasteiger partial charge >= 0.3 is 0 Å². The quantitative estimate of drug-likeness (QED) is 0.542. The monoisotopic (exact) mass is 144 g/mol. The minimum Gasteiger partial charge on any atom is -0.287 e. The molecule has 1 aliphatic rings. The molecule has 0 saturated carbocycles. The normalized spacial score (nSPS) is 14.2. The molecule has 0 fully saturated rings. The van der Waals surface area contributed by atoms with Gasteiger partial charge in [-0.05, 0) is 6.07 Å². The number of aromatic nitrogens is 1. The maximum Gasteiger partial charge on any atom is 0.0880 e. The fourth-order valence-corrected chi connectivity index (χ4v) is 1.06. The molecule has 1 aliphatic heterocycles. The van der Waals surface area contributed by atoms with Crippen LogP contribution in [0, 0.1) is 0 Å². The molecule has 2 nitrogen and oxygen atoms in total. The molecular formula is C9H8N2. The van der Waals surface area contributed by atoms with Gasteiger partial charge in [0.25, 0.3) is 0 Å². The Bertz CT molecular complexity index is 282. The molecule has 0 bridgehead atoms. The van der Waals surface area contributed by atoms with Gasteiger partial charge in [0.15, 0.2) is 0 Å². The van der Waals surface area contributed by atoms with Crippen molar-refractivity contribution >= 4 is 12.3 Å². The molecule has 2 heterocycles. The second-order valence-corrected chi connectivity index (χ2v) is 2.37. The van der Waals surface area contributed by atoms with Crippen LogP contribution < -0.4 is 0 Å². The van der Waals surface area contributed by atoms with Crippen LogP contribution in [-0.4, -0.2) is 17.7 Å². The first-order chi connectivity index (χ1) is 5.47. The Balaban J connectivity index is 2.58. The fraction of sp³-hybridized carbons (Fsp3) is 0.111. The van der Waals surface area contributed by atoms with Crippen LogP contribution in [0.2, 0.25) is 0 Å². The third kappa shape index (κ3) is 1.19. The second kappa shape index (κ2) is 2.66. The van der Waals surface area contributed by atoms with Gasteiger partial charge in [-0.15, -0.1) is 0 Å². The third-order valence-electron chi connectivity index (χ3n) is 1.59. The van der Waals surface area contributed by atoms with Crippen molar-refractivity contribution in [3.8, 4) is 0 Å². The Morgan fingerprint density at radius 2 is 2.36 bits per heavy atom. The summed E-state index contributed by atoms with van der Waals surface area (Å²) in [5.74, 6) is 0. The SMILES string of the molecule is C1=Cc2cccnc2C=NC1. The summed E-state index contributed by atoms with van der Waals surface area (Å²) < 4.78 is 0. The molecule has 0 unspecified atom stereocenters. The zero-order valence-electron chi connectivity index (χ0n) is 6.07. The van der Waals surface area contributed by atoms with E-state index in [9.17, 15) is 0 Å². The van der Waals surface area contributed by atoms with Crippen LogP contribution in [0.3, 0.4) is 0 Å². The van der Waals surface area contributed by atoms with E-state index in [0.717, 1.165) is 17.8 Å². The number of hydrogen-bond donors (Lipinski definition) is 0. The molecule has 0 saturated heterocycles. The van der Waals surface area contributed by atoms with Gasteiger partial charge in [-0.2, -0.15) is 0 Å². The molecule has 0 N–H and O–H groups in total. The molecule has 0 aliphatic carbocycles. The third-order valence-corrected chi connectivity index (χ3v) is 1.59. The Morgan fingerprint density at radius 3 is 3.36 bits per heavy atom. The van der Waals surface area contributed by atoms with Crippen molar-refractivity contribution in [2.24, 2.45) is 4.99 Å². The molecular weight excluding hydrogens is 136 g/mol. The van der Waals surface area contributed by atoms with Crippen LogP contribution in [0.5, 0.6) is 0 Å². The molecule has 1 aromatic heterocycles. The molecule has 0 atom stereocenters. The highest BCUT2D eigenvalue weighted by Gasteiger charge is 1.97. The van der Waals surface area contributed by atoms with Crippen molar-refractivity contribution in [1.29, 1.82) is 0 Å². The van der Waals surface area contributed by atoms with Crippen LogP contribution in [0.25, 0.3) is 6.08 Å². The van der Waals surface area contributed by atoms with E-state index >= 15 is 0 Å². The molecule has 11 heavy (non-hydrogen) atoms. The summed E-state index contributed by atoms with van der Waals surface area (Å²) in [6.07, 6.45) is 7.68. The van der Waals surface area contributed by atoms with Crippen LogP contribution in [-0.2, 0) is 0 Å². The number of fused-ring (bicyclic) bond motifs is 1. The zero-order chi connectivity index (χ0) is 7.52. The van der Waals surface area contributed by atoms with Crippen LogP contribution >= 0.6 is 0 Å². The molecule has 0 aromatic carbocycles. The lowest BCUT2D eigenvalue weighted by molar-refractivity contribution is 1.25. The highest BCUT2D eigenvalue weighted by Crippen LogP contribution is 2.07.